The molecule has 7 nitrogen and oxygen atoms in total. The third kappa shape index (κ3) is 7.07. The standard InChI is InChI=1S/C24H28ClN3O4S/c1-31-21-13-16(7-12-20(21)32-15-22(26)29)14-28(19-5-3-2-4-6-19)24(33)27-23(30)17-8-10-18(25)11-9-17/h7-13,19H,2-6,14-15H2,1H3,(H2,26,29)(H,27,30,33). The minimum absolute atomic E-state index is 0.230. The number of nitrogens with one attached hydrogen (secondary N) is 1. The van der Waals surface area contributed by atoms with Crippen molar-refractivity contribution in [3.8, 4) is 11.5 Å². The van der Waals surface area contributed by atoms with Gasteiger partial charge in [-0.1, -0.05) is 36.9 Å². The van der Waals surface area contributed by atoms with E-state index in [4.69, 9.17) is 39.0 Å². The Morgan fingerprint density at radius 2 is 1.82 bits per heavy atom. The number of nitrogens with zero attached hydrogens (tertiary/aromatic N) is 1. The number of halogens is 1. The first-order chi connectivity index (χ1) is 15.9. The first-order valence-electron chi connectivity index (χ1n) is 10.8. The van der Waals surface area contributed by atoms with Crippen LogP contribution >= 0.6 is 23.8 Å². The maximum atomic E-state index is 12.7. The van der Waals surface area contributed by atoms with Crippen molar-refractivity contribution in [3.63, 3.8) is 0 Å². The largest absolute Gasteiger partial charge is 0.493 e. The molecule has 2 aromatic rings. The van der Waals surface area contributed by atoms with E-state index >= 15 is 0 Å². The van der Waals surface area contributed by atoms with Gasteiger partial charge in [-0.05, 0) is 67.0 Å². The van der Waals surface area contributed by atoms with E-state index in [1.165, 1.54) is 13.5 Å². The Labute approximate surface area is 204 Å². The molecule has 3 rings (SSSR count). The molecule has 0 radical (unpaired) electrons. The average molecular weight is 490 g/mol. The summed E-state index contributed by atoms with van der Waals surface area (Å²) in [7, 11) is 1.53. The van der Waals surface area contributed by atoms with Crippen molar-refractivity contribution in [2.75, 3.05) is 13.7 Å². The smallest absolute Gasteiger partial charge is 0.257 e. The number of hydrogen-bond acceptors (Lipinski definition) is 5. The SMILES string of the molecule is COc1cc(CN(C(=S)NC(=O)c2ccc(Cl)cc2)C2CCCCC2)ccc1OCC(N)=O. The van der Waals surface area contributed by atoms with Crippen LogP contribution in [0.2, 0.25) is 5.02 Å². The first-order valence-corrected chi connectivity index (χ1v) is 11.6. The lowest BCUT2D eigenvalue weighted by Gasteiger charge is -2.36. The van der Waals surface area contributed by atoms with Crippen LogP contribution in [0.1, 0.15) is 48.0 Å². The van der Waals surface area contributed by atoms with Crippen molar-refractivity contribution in [1.82, 2.24) is 10.2 Å². The number of carbonyl (C=O) groups is 2. The van der Waals surface area contributed by atoms with Crippen molar-refractivity contribution in [2.24, 2.45) is 5.73 Å². The molecule has 9 heteroatoms. The van der Waals surface area contributed by atoms with Crippen molar-refractivity contribution < 1.29 is 19.1 Å². The normalized spacial score (nSPS) is 13.8. The zero-order valence-electron chi connectivity index (χ0n) is 18.5. The van der Waals surface area contributed by atoms with E-state index < -0.39 is 5.91 Å². The Balaban J connectivity index is 1.77. The number of rotatable bonds is 8. The number of primary amides is 1. The molecule has 1 aliphatic carbocycles. The topological polar surface area (TPSA) is 93.9 Å². The second-order valence-electron chi connectivity index (χ2n) is 7.93. The highest BCUT2D eigenvalue weighted by molar-refractivity contribution is 7.80. The second kappa shape index (κ2) is 11.9. The molecule has 3 N–H and O–H groups in total. The molecular weight excluding hydrogens is 462 g/mol. The molecule has 176 valence electrons. The summed E-state index contributed by atoms with van der Waals surface area (Å²) in [4.78, 5) is 25.8. The zero-order chi connectivity index (χ0) is 23.8. The van der Waals surface area contributed by atoms with E-state index in [0.717, 1.165) is 31.2 Å². The quantitative estimate of drug-likeness (QED) is 0.543. The maximum absolute atomic E-state index is 12.7. The van der Waals surface area contributed by atoms with Gasteiger partial charge in [0.2, 0.25) is 0 Å². The van der Waals surface area contributed by atoms with Gasteiger partial charge in [0, 0.05) is 23.2 Å². The zero-order valence-corrected chi connectivity index (χ0v) is 20.1. The Morgan fingerprint density at radius 3 is 2.45 bits per heavy atom. The minimum atomic E-state index is -0.564. The molecule has 0 atom stereocenters. The molecule has 0 unspecified atom stereocenters. The predicted octanol–water partition coefficient (Wildman–Crippen LogP) is 4.06. The van der Waals surface area contributed by atoms with E-state index in [-0.39, 0.29) is 18.6 Å². The van der Waals surface area contributed by atoms with E-state index in [9.17, 15) is 9.59 Å². The van der Waals surface area contributed by atoms with Gasteiger partial charge in [0.05, 0.1) is 7.11 Å². The third-order valence-electron chi connectivity index (χ3n) is 5.55. The Morgan fingerprint density at radius 1 is 1.12 bits per heavy atom. The number of benzene rings is 2. The van der Waals surface area contributed by atoms with Gasteiger partial charge >= 0.3 is 0 Å². The van der Waals surface area contributed by atoms with Gasteiger partial charge in [0.1, 0.15) is 0 Å². The maximum Gasteiger partial charge on any atom is 0.257 e. The fourth-order valence-corrected chi connectivity index (χ4v) is 4.31. The van der Waals surface area contributed by atoms with Crippen molar-refractivity contribution >= 4 is 40.7 Å². The molecule has 0 bridgehead atoms. The lowest BCUT2D eigenvalue weighted by molar-refractivity contribution is -0.119. The van der Waals surface area contributed by atoms with Crippen LogP contribution in [0.3, 0.4) is 0 Å². The number of nitrogens with two attached hydrogens (primary N) is 1. The second-order valence-corrected chi connectivity index (χ2v) is 8.75. The van der Waals surface area contributed by atoms with Crippen LogP contribution < -0.4 is 20.5 Å². The highest BCUT2D eigenvalue weighted by atomic mass is 35.5. The monoisotopic (exact) mass is 489 g/mol. The van der Waals surface area contributed by atoms with Gasteiger partial charge in [0.15, 0.2) is 23.2 Å². The van der Waals surface area contributed by atoms with Crippen molar-refractivity contribution in [3.05, 3.63) is 58.6 Å². The fraction of sp³-hybridized carbons (Fsp3) is 0.375. The minimum Gasteiger partial charge on any atom is -0.493 e. The van der Waals surface area contributed by atoms with Crippen LogP contribution in [0.5, 0.6) is 11.5 Å². The lowest BCUT2D eigenvalue weighted by atomic mass is 9.94. The number of thiocarbonyl (C=S) groups is 1. The van der Waals surface area contributed by atoms with Crippen LogP contribution in [0.4, 0.5) is 0 Å². The van der Waals surface area contributed by atoms with Crippen molar-refractivity contribution in [1.29, 1.82) is 0 Å². The van der Waals surface area contributed by atoms with Crippen LogP contribution in [0.15, 0.2) is 42.5 Å². The number of carbonyl (C=O) groups excluding carboxylic acids is 2. The number of amides is 2. The van der Waals surface area contributed by atoms with Crippen LogP contribution in [-0.4, -0.2) is 41.6 Å². The highest BCUT2D eigenvalue weighted by Gasteiger charge is 2.25. The fourth-order valence-electron chi connectivity index (χ4n) is 3.88. The van der Waals surface area contributed by atoms with E-state index in [1.54, 1.807) is 30.3 Å². The third-order valence-corrected chi connectivity index (χ3v) is 6.14. The first kappa shape index (κ1) is 24.8. The van der Waals surface area contributed by atoms with E-state index in [0.29, 0.717) is 33.7 Å². The molecule has 0 aromatic heterocycles. The summed E-state index contributed by atoms with van der Waals surface area (Å²) in [6.45, 7) is 0.265. The molecule has 1 fully saturated rings. The molecule has 1 aliphatic rings. The number of methoxy groups -OCH3 is 1. The van der Waals surface area contributed by atoms with Gasteiger partial charge in [0.25, 0.3) is 11.8 Å². The van der Waals surface area contributed by atoms with Gasteiger partial charge < -0.3 is 20.1 Å². The van der Waals surface area contributed by atoms with Gasteiger partial charge in [-0.25, -0.2) is 0 Å². The van der Waals surface area contributed by atoms with E-state index in [1.807, 2.05) is 12.1 Å². The Bertz CT molecular complexity index is 994. The average Bonchev–Trinajstić information content (AvgIpc) is 2.82. The van der Waals surface area contributed by atoms with Crippen LogP contribution in [-0.2, 0) is 11.3 Å². The Kier molecular flexibility index (Phi) is 8.91. The number of ether oxygens (including phenoxy) is 2. The van der Waals surface area contributed by atoms with Gasteiger partial charge in [-0.15, -0.1) is 0 Å². The molecule has 0 saturated heterocycles. The summed E-state index contributed by atoms with van der Waals surface area (Å²) in [5, 5.41) is 3.82. The molecule has 0 aliphatic heterocycles. The predicted molar refractivity (Wildman–Crippen MR) is 132 cm³/mol. The molecule has 1 saturated carbocycles. The van der Waals surface area contributed by atoms with Gasteiger partial charge in [-0.3, -0.25) is 14.9 Å². The Hall–Kier alpha value is -2.84. The molecule has 2 aromatic carbocycles. The summed E-state index contributed by atoms with van der Waals surface area (Å²) in [5.74, 6) is 0.0907. The molecular formula is C24H28ClN3O4S. The summed E-state index contributed by atoms with van der Waals surface area (Å²) >= 11 is 11.6. The van der Waals surface area contributed by atoms with Crippen LogP contribution in [0.25, 0.3) is 0 Å². The molecule has 0 heterocycles. The van der Waals surface area contributed by atoms with Crippen LogP contribution in [0, 0.1) is 0 Å². The summed E-state index contributed by atoms with van der Waals surface area (Å²) < 4.78 is 10.8. The molecule has 0 spiro atoms. The summed E-state index contributed by atoms with van der Waals surface area (Å²) in [5.41, 5.74) is 6.59. The van der Waals surface area contributed by atoms with Crippen molar-refractivity contribution in [2.45, 2.75) is 44.7 Å². The molecule has 33 heavy (non-hydrogen) atoms. The van der Waals surface area contributed by atoms with Gasteiger partial charge in [-0.2, -0.15) is 0 Å². The molecule has 2 amide bonds. The van der Waals surface area contributed by atoms with E-state index in [2.05, 4.69) is 10.2 Å². The summed E-state index contributed by atoms with van der Waals surface area (Å²) in [6.07, 6.45) is 5.46. The number of hydrogen-bond donors (Lipinski definition) is 2. The summed E-state index contributed by atoms with van der Waals surface area (Å²) in [6, 6.07) is 12.4. The highest BCUT2D eigenvalue weighted by Crippen LogP contribution is 2.30. The lowest BCUT2D eigenvalue weighted by Crippen LogP contribution is -2.48.